The molecular formula is C19H28N2O2. The summed E-state index contributed by atoms with van der Waals surface area (Å²) >= 11 is 0. The lowest BCUT2D eigenvalue weighted by molar-refractivity contribution is -0.0461. The number of carbonyl (C=O) groups excluding carboxylic acids is 1. The van der Waals surface area contributed by atoms with Crippen LogP contribution in [0.25, 0.3) is 0 Å². The van der Waals surface area contributed by atoms with Crippen molar-refractivity contribution in [3.8, 4) is 0 Å². The highest BCUT2D eigenvalue weighted by Gasteiger charge is 2.32. The second-order valence-corrected chi connectivity index (χ2v) is 7.78. The summed E-state index contributed by atoms with van der Waals surface area (Å²) in [6.07, 6.45) is 2.63. The fraction of sp³-hybridized carbons (Fsp3) is 0.632. The Bertz CT molecular complexity index is 547. The largest absolute Gasteiger partial charge is 0.373 e. The maximum Gasteiger partial charge on any atom is 0.251 e. The molecule has 0 aromatic heterocycles. The molecule has 0 spiro atoms. The molecule has 0 radical (unpaired) electrons. The molecule has 0 unspecified atom stereocenters. The number of hydrogen-bond donors (Lipinski definition) is 1. The van der Waals surface area contributed by atoms with E-state index in [0.717, 1.165) is 13.2 Å². The van der Waals surface area contributed by atoms with Crippen LogP contribution in [-0.4, -0.2) is 49.2 Å². The number of ether oxygens (including phenoxy) is 1. The number of carbonyl (C=O) groups is 1. The highest BCUT2D eigenvalue weighted by molar-refractivity contribution is 5.94. The summed E-state index contributed by atoms with van der Waals surface area (Å²) in [7, 11) is 0. The molecule has 0 aliphatic carbocycles. The molecule has 2 aliphatic heterocycles. The third-order valence-corrected chi connectivity index (χ3v) is 4.96. The van der Waals surface area contributed by atoms with Crippen LogP contribution in [0.5, 0.6) is 0 Å². The van der Waals surface area contributed by atoms with Gasteiger partial charge in [0.2, 0.25) is 0 Å². The van der Waals surface area contributed by atoms with Crippen LogP contribution in [0, 0.1) is 0 Å². The molecule has 3 rings (SSSR count). The highest BCUT2D eigenvalue weighted by atomic mass is 16.5. The maximum atomic E-state index is 12.3. The van der Waals surface area contributed by atoms with Crippen LogP contribution in [-0.2, 0) is 10.2 Å². The zero-order valence-corrected chi connectivity index (χ0v) is 14.5. The van der Waals surface area contributed by atoms with Crippen LogP contribution in [0.2, 0.25) is 0 Å². The molecule has 2 aliphatic rings. The van der Waals surface area contributed by atoms with Crippen molar-refractivity contribution >= 4 is 5.91 Å². The number of rotatable bonds is 3. The van der Waals surface area contributed by atoms with Crippen molar-refractivity contribution in [2.75, 3.05) is 26.2 Å². The summed E-state index contributed by atoms with van der Waals surface area (Å²) in [6, 6.07) is 8.51. The summed E-state index contributed by atoms with van der Waals surface area (Å²) in [4.78, 5) is 14.8. The van der Waals surface area contributed by atoms with Gasteiger partial charge in [-0.1, -0.05) is 32.9 Å². The third kappa shape index (κ3) is 3.93. The van der Waals surface area contributed by atoms with E-state index in [-0.39, 0.29) is 17.4 Å². The van der Waals surface area contributed by atoms with Crippen molar-refractivity contribution in [2.24, 2.45) is 0 Å². The van der Waals surface area contributed by atoms with Gasteiger partial charge < -0.3 is 10.1 Å². The van der Waals surface area contributed by atoms with E-state index >= 15 is 0 Å². The second-order valence-electron chi connectivity index (χ2n) is 7.78. The SMILES string of the molecule is CC(C)(C)c1ccc(C(=O)NC[C@@H]2CN3CCC[C@H]3CO2)cc1. The molecule has 1 amide bonds. The van der Waals surface area contributed by atoms with Crippen molar-refractivity contribution in [2.45, 2.75) is 51.2 Å². The van der Waals surface area contributed by atoms with Gasteiger partial charge in [-0.2, -0.15) is 0 Å². The summed E-state index contributed by atoms with van der Waals surface area (Å²) in [6.45, 7) is 10.0. The quantitative estimate of drug-likeness (QED) is 0.932. The molecule has 2 atom stereocenters. The smallest absolute Gasteiger partial charge is 0.251 e. The molecule has 126 valence electrons. The van der Waals surface area contributed by atoms with E-state index in [2.05, 4.69) is 31.0 Å². The highest BCUT2D eigenvalue weighted by Crippen LogP contribution is 2.23. The van der Waals surface area contributed by atoms with Crippen molar-refractivity contribution < 1.29 is 9.53 Å². The zero-order chi connectivity index (χ0) is 16.4. The zero-order valence-electron chi connectivity index (χ0n) is 14.5. The van der Waals surface area contributed by atoms with Crippen molar-refractivity contribution in [1.29, 1.82) is 0 Å². The number of morpholine rings is 1. The molecule has 4 heteroatoms. The molecule has 0 bridgehead atoms. The average Bonchev–Trinajstić information content (AvgIpc) is 2.99. The number of benzene rings is 1. The topological polar surface area (TPSA) is 41.6 Å². The minimum Gasteiger partial charge on any atom is -0.373 e. The molecule has 2 heterocycles. The van der Waals surface area contributed by atoms with E-state index < -0.39 is 0 Å². The minimum atomic E-state index is -0.0161. The first-order valence-corrected chi connectivity index (χ1v) is 8.68. The maximum absolute atomic E-state index is 12.3. The normalized spacial score (nSPS) is 25.2. The van der Waals surface area contributed by atoms with E-state index in [1.807, 2.05) is 24.3 Å². The first-order valence-electron chi connectivity index (χ1n) is 8.68. The fourth-order valence-electron chi connectivity index (χ4n) is 3.44. The monoisotopic (exact) mass is 316 g/mol. The van der Waals surface area contributed by atoms with Gasteiger partial charge in [-0.05, 0) is 42.5 Å². The Labute approximate surface area is 139 Å². The van der Waals surface area contributed by atoms with Crippen LogP contribution in [0.1, 0.15) is 49.5 Å². The number of nitrogens with zero attached hydrogens (tertiary/aromatic N) is 1. The van der Waals surface area contributed by atoms with E-state index in [4.69, 9.17) is 4.74 Å². The third-order valence-electron chi connectivity index (χ3n) is 4.96. The Morgan fingerprint density at radius 3 is 2.74 bits per heavy atom. The summed E-state index contributed by atoms with van der Waals surface area (Å²) < 4.78 is 5.89. The Kier molecular flexibility index (Phi) is 4.74. The first-order chi connectivity index (χ1) is 10.9. The van der Waals surface area contributed by atoms with E-state index in [1.54, 1.807) is 0 Å². The van der Waals surface area contributed by atoms with Gasteiger partial charge in [0.15, 0.2) is 0 Å². The Hall–Kier alpha value is -1.39. The van der Waals surface area contributed by atoms with E-state index in [9.17, 15) is 4.79 Å². The molecule has 2 saturated heterocycles. The second kappa shape index (κ2) is 6.62. The number of amides is 1. The molecule has 23 heavy (non-hydrogen) atoms. The van der Waals surface area contributed by atoms with Crippen LogP contribution >= 0.6 is 0 Å². The standard InChI is InChI=1S/C19H28N2O2/c1-19(2,3)15-8-6-14(7-9-15)18(22)20-11-17-12-21-10-4-5-16(21)13-23-17/h6-9,16-17H,4-5,10-13H2,1-3H3,(H,20,22)/t16-,17+/m0/s1. The van der Waals surface area contributed by atoms with Crippen LogP contribution in [0.3, 0.4) is 0 Å². The lowest BCUT2D eigenvalue weighted by Crippen LogP contribution is -2.50. The molecule has 1 aromatic carbocycles. The number of nitrogens with one attached hydrogen (secondary N) is 1. The predicted octanol–water partition coefficient (Wildman–Crippen LogP) is 2.58. The average molecular weight is 316 g/mol. The fourth-order valence-corrected chi connectivity index (χ4v) is 3.44. The van der Waals surface area contributed by atoms with Crippen LogP contribution < -0.4 is 5.32 Å². The van der Waals surface area contributed by atoms with Crippen LogP contribution in [0.4, 0.5) is 0 Å². The Morgan fingerprint density at radius 2 is 2.04 bits per heavy atom. The molecule has 1 N–H and O–H groups in total. The van der Waals surface area contributed by atoms with E-state index in [0.29, 0.717) is 18.2 Å². The minimum absolute atomic E-state index is 0.0161. The Morgan fingerprint density at radius 1 is 1.30 bits per heavy atom. The first kappa shape index (κ1) is 16.5. The summed E-state index contributed by atoms with van der Waals surface area (Å²) in [5.41, 5.74) is 2.06. The van der Waals surface area contributed by atoms with Gasteiger partial charge in [-0.25, -0.2) is 0 Å². The predicted molar refractivity (Wildman–Crippen MR) is 91.8 cm³/mol. The lowest BCUT2D eigenvalue weighted by Gasteiger charge is -2.35. The van der Waals surface area contributed by atoms with E-state index in [1.165, 1.54) is 24.9 Å². The Balaban J connectivity index is 1.51. The van der Waals surface area contributed by atoms with Gasteiger partial charge in [-0.15, -0.1) is 0 Å². The molecule has 0 saturated carbocycles. The molecular weight excluding hydrogens is 288 g/mol. The lowest BCUT2D eigenvalue weighted by atomic mass is 9.87. The van der Waals surface area contributed by atoms with Gasteiger partial charge in [0.05, 0.1) is 12.7 Å². The van der Waals surface area contributed by atoms with Gasteiger partial charge >= 0.3 is 0 Å². The van der Waals surface area contributed by atoms with Gasteiger partial charge in [0.1, 0.15) is 0 Å². The summed E-state index contributed by atoms with van der Waals surface area (Å²) in [5, 5.41) is 3.02. The van der Waals surface area contributed by atoms with Crippen molar-refractivity contribution in [3.63, 3.8) is 0 Å². The van der Waals surface area contributed by atoms with Gasteiger partial charge in [0.25, 0.3) is 5.91 Å². The van der Waals surface area contributed by atoms with Crippen molar-refractivity contribution in [3.05, 3.63) is 35.4 Å². The van der Waals surface area contributed by atoms with Gasteiger partial charge in [0, 0.05) is 24.7 Å². The molecule has 4 nitrogen and oxygen atoms in total. The van der Waals surface area contributed by atoms with Gasteiger partial charge in [-0.3, -0.25) is 9.69 Å². The molecule has 2 fully saturated rings. The van der Waals surface area contributed by atoms with Crippen molar-refractivity contribution in [1.82, 2.24) is 10.2 Å². The molecule has 1 aromatic rings. The summed E-state index contributed by atoms with van der Waals surface area (Å²) in [5.74, 6) is -0.0161. The number of fused-ring (bicyclic) bond motifs is 1. The van der Waals surface area contributed by atoms with Crippen LogP contribution in [0.15, 0.2) is 24.3 Å². The number of hydrogen-bond acceptors (Lipinski definition) is 3.